The van der Waals surface area contributed by atoms with E-state index >= 15 is 0 Å². The Balaban J connectivity index is 1.49. The van der Waals surface area contributed by atoms with Crippen molar-refractivity contribution in [2.75, 3.05) is 25.0 Å². The van der Waals surface area contributed by atoms with E-state index in [9.17, 15) is 18.0 Å². The summed E-state index contributed by atoms with van der Waals surface area (Å²) in [6, 6.07) is 5.24. The molecule has 2 fully saturated rings. The molecule has 2 aliphatic rings. The third kappa shape index (κ3) is 5.74. The van der Waals surface area contributed by atoms with Gasteiger partial charge in [0.2, 0.25) is 21.8 Å². The number of piperazine rings is 1. The molecule has 1 aliphatic heterocycles. The number of hydrogen-bond donors (Lipinski definition) is 1. The lowest BCUT2D eigenvalue weighted by Gasteiger charge is -2.39. The van der Waals surface area contributed by atoms with Crippen molar-refractivity contribution in [2.45, 2.75) is 49.5 Å². The van der Waals surface area contributed by atoms with E-state index in [1.165, 1.54) is 46.3 Å². The minimum Gasteiger partial charge on any atom is -0.328 e. The van der Waals surface area contributed by atoms with Gasteiger partial charge in [-0.25, -0.2) is 13.4 Å². The third-order valence-corrected chi connectivity index (χ3v) is 9.10. The fraction of sp³-hybridized carbons (Fsp3) is 0.500. The summed E-state index contributed by atoms with van der Waals surface area (Å²) in [6.07, 6.45) is 7.74. The van der Waals surface area contributed by atoms with Crippen LogP contribution in [-0.2, 0) is 19.6 Å². The zero-order valence-corrected chi connectivity index (χ0v) is 20.5. The van der Waals surface area contributed by atoms with Crippen LogP contribution in [0.2, 0.25) is 5.02 Å². The molecule has 1 atom stereocenters. The Morgan fingerprint density at radius 2 is 1.91 bits per heavy atom. The lowest BCUT2D eigenvalue weighted by atomic mass is 9.84. The zero-order chi connectivity index (χ0) is 23.4. The number of amides is 2. The van der Waals surface area contributed by atoms with Crippen LogP contribution in [0.3, 0.4) is 0 Å². The summed E-state index contributed by atoms with van der Waals surface area (Å²) in [5.41, 5.74) is 0. The molecule has 1 aliphatic carbocycles. The molecular weight excluding hydrogens is 484 g/mol. The van der Waals surface area contributed by atoms with Crippen molar-refractivity contribution < 1.29 is 18.0 Å². The summed E-state index contributed by atoms with van der Waals surface area (Å²) < 4.78 is 27.2. The Bertz CT molecular complexity index is 1070. The Morgan fingerprint density at radius 3 is 2.55 bits per heavy atom. The first-order chi connectivity index (χ1) is 15.8. The first kappa shape index (κ1) is 24.1. The highest BCUT2D eigenvalue weighted by molar-refractivity contribution is 7.89. The number of thiazole rings is 1. The van der Waals surface area contributed by atoms with Crippen molar-refractivity contribution in [2.24, 2.45) is 5.92 Å². The van der Waals surface area contributed by atoms with Crippen LogP contribution >= 0.6 is 22.9 Å². The van der Waals surface area contributed by atoms with Gasteiger partial charge in [0.05, 0.1) is 11.4 Å². The van der Waals surface area contributed by atoms with Gasteiger partial charge in [0.1, 0.15) is 6.04 Å². The number of carbonyl (C=O) groups excluding carboxylic acids is 2. The molecule has 1 saturated heterocycles. The molecule has 178 valence electrons. The highest BCUT2D eigenvalue weighted by atomic mass is 35.5. The highest BCUT2D eigenvalue weighted by Gasteiger charge is 2.39. The van der Waals surface area contributed by atoms with E-state index in [1.807, 2.05) is 0 Å². The summed E-state index contributed by atoms with van der Waals surface area (Å²) in [5, 5.41) is 5.53. The van der Waals surface area contributed by atoms with Crippen molar-refractivity contribution in [1.29, 1.82) is 0 Å². The molecule has 1 saturated carbocycles. The lowest BCUT2D eigenvalue weighted by Crippen LogP contribution is -2.58. The smallest absolute Gasteiger partial charge is 0.248 e. The Morgan fingerprint density at radius 1 is 1.18 bits per heavy atom. The Labute approximate surface area is 203 Å². The van der Waals surface area contributed by atoms with Crippen LogP contribution in [0.1, 0.15) is 38.5 Å². The molecule has 2 aromatic rings. The predicted molar refractivity (Wildman–Crippen MR) is 128 cm³/mol. The molecule has 1 aromatic heterocycles. The van der Waals surface area contributed by atoms with Crippen molar-refractivity contribution in [3.8, 4) is 0 Å². The van der Waals surface area contributed by atoms with Gasteiger partial charge in [0.15, 0.2) is 5.13 Å². The summed E-state index contributed by atoms with van der Waals surface area (Å²) >= 11 is 7.20. The van der Waals surface area contributed by atoms with E-state index in [2.05, 4.69) is 10.3 Å². The normalized spacial score (nSPS) is 19.4. The number of sulfonamides is 1. The number of benzene rings is 1. The van der Waals surface area contributed by atoms with E-state index in [1.54, 1.807) is 16.5 Å². The van der Waals surface area contributed by atoms with E-state index in [-0.39, 0.29) is 36.3 Å². The molecule has 33 heavy (non-hydrogen) atoms. The van der Waals surface area contributed by atoms with Gasteiger partial charge in [-0.3, -0.25) is 9.59 Å². The number of carbonyl (C=O) groups is 2. The minimum atomic E-state index is -3.83. The van der Waals surface area contributed by atoms with Crippen molar-refractivity contribution >= 4 is 49.9 Å². The summed E-state index contributed by atoms with van der Waals surface area (Å²) in [5.74, 6) is -0.263. The summed E-state index contributed by atoms with van der Waals surface area (Å²) in [7, 11) is -3.83. The van der Waals surface area contributed by atoms with Crippen LogP contribution in [0.5, 0.6) is 0 Å². The number of aromatic nitrogens is 1. The SMILES string of the molecule is O=C(Nc1nccs1)C(CC1CCCCC1)N1CCN(S(=O)(=O)c2ccc(Cl)cc2)CC1=O. The van der Waals surface area contributed by atoms with Gasteiger partial charge in [0, 0.05) is 29.7 Å². The maximum Gasteiger partial charge on any atom is 0.248 e. The van der Waals surface area contributed by atoms with Gasteiger partial charge in [-0.1, -0.05) is 43.7 Å². The lowest BCUT2D eigenvalue weighted by molar-refractivity contribution is -0.142. The van der Waals surface area contributed by atoms with Crippen LogP contribution < -0.4 is 5.32 Å². The van der Waals surface area contributed by atoms with E-state index in [0.29, 0.717) is 22.5 Å². The van der Waals surface area contributed by atoms with E-state index in [4.69, 9.17) is 11.6 Å². The number of nitrogens with one attached hydrogen (secondary N) is 1. The third-order valence-electron chi connectivity index (χ3n) is 6.30. The average molecular weight is 511 g/mol. The molecule has 0 spiro atoms. The minimum absolute atomic E-state index is 0.0911. The number of nitrogens with zero attached hydrogens (tertiary/aromatic N) is 3. The van der Waals surface area contributed by atoms with Crippen LogP contribution in [0.25, 0.3) is 0 Å². The maximum absolute atomic E-state index is 13.2. The van der Waals surface area contributed by atoms with E-state index in [0.717, 1.165) is 25.7 Å². The van der Waals surface area contributed by atoms with Crippen LogP contribution in [0, 0.1) is 5.92 Å². The summed E-state index contributed by atoms with van der Waals surface area (Å²) in [4.78, 5) is 32.1. The fourth-order valence-electron chi connectivity index (χ4n) is 4.54. The second-order valence-electron chi connectivity index (χ2n) is 8.46. The Kier molecular flexibility index (Phi) is 7.68. The molecule has 2 heterocycles. The Hall–Kier alpha value is -2.01. The first-order valence-electron chi connectivity index (χ1n) is 11.1. The van der Waals surface area contributed by atoms with Crippen molar-refractivity contribution in [1.82, 2.24) is 14.2 Å². The van der Waals surface area contributed by atoms with Crippen LogP contribution in [0.15, 0.2) is 40.7 Å². The molecule has 0 bridgehead atoms. The molecule has 1 unspecified atom stereocenters. The fourth-order valence-corrected chi connectivity index (χ4v) is 6.58. The molecule has 1 aromatic carbocycles. The maximum atomic E-state index is 13.2. The molecule has 8 nitrogen and oxygen atoms in total. The quantitative estimate of drug-likeness (QED) is 0.613. The molecule has 2 amide bonds. The van der Waals surface area contributed by atoms with Gasteiger partial charge in [-0.15, -0.1) is 11.3 Å². The van der Waals surface area contributed by atoms with Gasteiger partial charge in [-0.2, -0.15) is 4.31 Å². The van der Waals surface area contributed by atoms with Crippen LogP contribution in [0.4, 0.5) is 5.13 Å². The molecule has 1 N–H and O–H groups in total. The predicted octanol–water partition coefficient (Wildman–Crippen LogP) is 3.61. The molecular formula is C22H27ClN4O4S2. The van der Waals surface area contributed by atoms with Crippen molar-refractivity contribution in [3.05, 3.63) is 40.9 Å². The molecule has 4 rings (SSSR count). The van der Waals surface area contributed by atoms with Gasteiger partial charge >= 0.3 is 0 Å². The summed E-state index contributed by atoms with van der Waals surface area (Å²) in [6.45, 7) is -0.00656. The highest BCUT2D eigenvalue weighted by Crippen LogP contribution is 2.30. The van der Waals surface area contributed by atoms with Crippen molar-refractivity contribution in [3.63, 3.8) is 0 Å². The standard InChI is InChI=1S/C22H27ClN4O4S2/c23-17-6-8-18(9-7-17)33(30,31)26-11-12-27(20(28)15-26)19(14-16-4-2-1-3-5-16)21(29)25-22-24-10-13-32-22/h6-10,13,16,19H,1-5,11-12,14-15H2,(H,24,25,29). The zero-order valence-electron chi connectivity index (χ0n) is 18.2. The monoisotopic (exact) mass is 510 g/mol. The van der Waals surface area contributed by atoms with E-state index < -0.39 is 16.1 Å². The number of anilines is 1. The van der Waals surface area contributed by atoms with Crippen LogP contribution in [-0.4, -0.2) is 60.1 Å². The molecule has 0 radical (unpaired) electrons. The second-order valence-corrected chi connectivity index (χ2v) is 11.7. The number of halogens is 1. The number of rotatable bonds is 7. The number of hydrogen-bond acceptors (Lipinski definition) is 6. The largest absolute Gasteiger partial charge is 0.328 e. The van der Waals surface area contributed by atoms with Gasteiger partial charge in [0.25, 0.3) is 0 Å². The average Bonchev–Trinajstić information content (AvgIpc) is 3.31. The topological polar surface area (TPSA) is 99.7 Å². The van der Waals surface area contributed by atoms with Gasteiger partial charge in [-0.05, 0) is 36.6 Å². The second kappa shape index (κ2) is 10.5. The van der Waals surface area contributed by atoms with Gasteiger partial charge < -0.3 is 10.2 Å². The first-order valence-corrected chi connectivity index (χ1v) is 13.8. The molecule has 11 heteroatoms.